The summed E-state index contributed by atoms with van der Waals surface area (Å²) < 4.78 is 5.55. The van der Waals surface area contributed by atoms with Gasteiger partial charge < -0.3 is 9.84 Å². The molecule has 4 heteroatoms. The number of ether oxygens (including phenoxy) is 1. The highest BCUT2D eigenvalue weighted by atomic mass is 16.5. The lowest BCUT2D eigenvalue weighted by atomic mass is 10.0. The van der Waals surface area contributed by atoms with E-state index in [4.69, 9.17) is 4.74 Å². The van der Waals surface area contributed by atoms with Crippen molar-refractivity contribution in [1.29, 1.82) is 0 Å². The van der Waals surface area contributed by atoms with Gasteiger partial charge >= 0.3 is 11.9 Å². The first-order valence-corrected chi connectivity index (χ1v) is 16.5. The molecule has 1 atom stereocenters. The van der Waals surface area contributed by atoms with Gasteiger partial charge in [-0.15, -0.1) is 0 Å². The van der Waals surface area contributed by atoms with Gasteiger partial charge in [0.05, 0.1) is 6.42 Å². The summed E-state index contributed by atoms with van der Waals surface area (Å²) in [5.41, 5.74) is 0. The molecule has 220 valence electrons. The molecule has 0 aromatic rings. The third kappa shape index (κ3) is 29.4. The Morgan fingerprint density at radius 2 is 0.838 bits per heavy atom. The standard InChI is InChI=1S/C33H64O4/c1-3-5-7-9-11-13-15-17-19-21-23-25-27-29-33(36)37-31(30-32(34)35)28-26-24-22-20-18-16-14-12-10-8-6-4-2/h31H,3-30H2,1-2H3,(H,34,35). The second kappa shape index (κ2) is 29.5. The van der Waals surface area contributed by atoms with Gasteiger partial charge in [0.2, 0.25) is 0 Å². The minimum absolute atomic E-state index is 0.0671. The van der Waals surface area contributed by atoms with Crippen LogP contribution < -0.4 is 0 Å². The van der Waals surface area contributed by atoms with E-state index in [-0.39, 0.29) is 12.4 Å². The van der Waals surface area contributed by atoms with Gasteiger partial charge in [-0.1, -0.05) is 162 Å². The zero-order chi connectivity index (χ0) is 27.2. The molecule has 1 unspecified atom stereocenters. The molecule has 0 aromatic heterocycles. The highest BCUT2D eigenvalue weighted by Crippen LogP contribution is 2.17. The molecule has 0 amide bonds. The van der Waals surface area contributed by atoms with E-state index in [1.807, 2.05) is 0 Å². The Morgan fingerprint density at radius 3 is 1.19 bits per heavy atom. The van der Waals surface area contributed by atoms with E-state index >= 15 is 0 Å². The number of carbonyl (C=O) groups excluding carboxylic acids is 1. The quantitative estimate of drug-likeness (QED) is 0.0749. The zero-order valence-electron chi connectivity index (χ0n) is 25.0. The summed E-state index contributed by atoms with van der Waals surface area (Å²) in [5, 5.41) is 9.20. The molecule has 0 aliphatic carbocycles. The van der Waals surface area contributed by atoms with Crippen LogP contribution in [0.25, 0.3) is 0 Å². The van der Waals surface area contributed by atoms with Crippen molar-refractivity contribution in [1.82, 2.24) is 0 Å². The van der Waals surface area contributed by atoms with Crippen LogP contribution in [0.15, 0.2) is 0 Å². The minimum atomic E-state index is -0.877. The predicted molar refractivity (Wildman–Crippen MR) is 158 cm³/mol. The summed E-state index contributed by atoms with van der Waals surface area (Å²) >= 11 is 0. The predicted octanol–water partition coefficient (Wildman–Crippen LogP) is 10.9. The number of hydrogen-bond acceptors (Lipinski definition) is 3. The summed E-state index contributed by atoms with van der Waals surface area (Å²) in [5.74, 6) is -1.09. The summed E-state index contributed by atoms with van der Waals surface area (Å²) in [6.07, 6.45) is 32.5. The van der Waals surface area contributed by atoms with Crippen LogP contribution in [0.3, 0.4) is 0 Å². The maximum Gasteiger partial charge on any atom is 0.307 e. The number of carboxylic acids is 1. The molecule has 37 heavy (non-hydrogen) atoms. The van der Waals surface area contributed by atoms with Crippen molar-refractivity contribution in [3.05, 3.63) is 0 Å². The first-order chi connectivity index (χ1) is 18.1. The number of carboxylic acid groups (broad SMARTS) is 1. The van der Waals surface area contributed by atoms with Crippen LogP contribution in [0.4, 0.5) is 0 Å². The van der Waals surface area contributed by atoms with E-state index < -0.39 is 12.1 Å². The lowest BCUT2D eigenvalue weighted by Crippen LogP contribution is -2.21. The topological polar surface area (TPSA) is 63.6 Å². The highest BCUT2D eigenvalue weighted by Gasteiger charge is 2.17. The molecule has 0 aliphatic rings. The molecule has 0 rings (SSSR count). The van der Waals surface area contributed by atoms with Crippen molar-refractivity contribution in [2.45, 2.75) is 200 Å². The molecular formula is C33H64O4. The Bertz CT molecular complexity index is 491. The van der Waals surface area contributed by atoms with Gasteiger partial charge in [0.25, 0.3) is 0 Å². The van der Waals surface area contributed by atoms with Crippen molar-refractivity contribution in [2.24, 2.45) is 0 Å². The Labute approximate surface area is 231 Å². The molecular weight excluding hydrogens is 460 g/mol. The van der Waals surface area contributed by atoms with E-state index in [2.05, 4.69) is 13.8 Å². The highest BCUT2D eigenvalue weighted by molar-refractivity contribution is 5.71. The van der Waals surface area contributed by atoms with E-state index in [9.17, 15) is 14.7 Å². The molecule has 0 aromatic carbocycles. The van der Waals surface area contributed by atoms with Crippen molar-refractivity contribution in [2.75, 3.05) is 0 Å². The Hall–Kier alpha value is -1.06. The molecule has 0 bridgehead atoms. The van der Waals surface area contributed by atoms with Crippen LogP contribution in [-0.2, 0) is 14.3 Å². The lowest BCUT2D eigenvalue weighted by molar-refractivity contribution is -0.153. The summed E-state index contributed by atoms with van der Waals surface area (Å²) in [6.45, 7) is 4.52. The molecule has 0 spiro atoms. The monoisotopic (exact) mass is 524 g/mol. The van der Waals surface area contributed by atoms with Crippen LogP contribution in [0, 0.1) is 0 Å². The lowest BCUT2D eigenvalue weighted by Gasteiger charge is -2.16. The third-order valence-corrected chi connectivity index (χ3v) is 7.56. The fourth-order valence-electron chi connectivity index (χ4n) is 5.14. The Morgan fingerprint density at radius 1 is 0.514 bits per heavy atom. The molecule has 0 saturated heterocycles. The Kier molecular flexibility index (Phi) is 28.7. The number of hydrogen-bond donors (Lipinski definition) is 1. The van der Waals surface area contributed by atoms with E-state index in [1.165, 1.54) is 135 Å². The van der Waals surface area contributed by atoms with E-state index in [0.29, 0.717) is 12.8 Å². The van der Waals surface area contributed by atoms with Crippen molar-refractivity contribution in [3.8, 4) is 0 Å². The van der Waals surface area contributed by atoms with Crippen LogP contribution >= 0.6 is 0 Å². The Balaban J connectivity index is 3.65. The summed E-state index contributed by atoms with van der Waals surface area (Å²) in [4.78, 5) is 23.4. The van der Waals surface area contributed by atoms with E-state index in [0.717, 1.165) is 25.7 Å². The van der Waals surface area contributed by atoms with Crippen LogP contribution in [0.2, 0.25) is 0 Å². The molecule has 0 heterocycles. The number of unbranched alkanes of at least 4 members (excludes halogenated alkanes) is 23. The molecule has 0 fully saturated rings. The number of esters is 1. The maximum absolute atomic E-state index is 12.2. The fourth-order valence-corrected chi connectivity index (χ4v) is 5.14. The fraction of sp³-hybridized carbons (Fsp3) is 0.939. The van der Waals surface area contributed by atoms with Crippen LogP contribution in [0.5, 0.6) is 0 Å². The summed E-state index contributed by atoms with van der Waals surface area (Å²) in [6, 6.07) is 0. The average Bonchev–Trinajstić information content (AvgIpc) is 2.87. The first kappa shape index (κ1) is 35.9. The summed E-state index contributed by atoms with van der Waals surface area (Å²) in [7, 11) is 0. The van der Waals surface area contributed by atoms with E-state index in [1.54, 1.807) is 0 Å². The van der Waals surface area contributed by atoms with Gasteiger partial charge in [-0.2, -0.15) is 0 Å². The first-order valence-electron chi connectivity index (χ1n) is 16.5. The largest absolute Gasteiger partial charge is 0.481 e. The second-order valence-electron chi connectivity index (χ2n) is 11.4. The smallest absolute Gasteiger partial charge is 0.307 e. The molecule has 4 nitrogen and oxygen atoms in total. The van der Waals surface area contributed by atoms with Crippen molar-refractivity contribution in [3.63, 3.8) is 0 Å². The average molecular weight is 525 g/mol. The van der Waals surface area contributed by atoms with Crippen LogP contribution in [-0.4, -0.2) is 23.1 Å². The van der Waals surface area contributed by atoms with Crippen LogP contribution in [0.1, 0.15) is 194 Å². The molecule has 1 N–H and O–H groups in total. The van der Waals surface area contributed by atoms with Gasteiger partial charge in [0.1, 0.15) is 6.10 Å². The van der Waals surface area contributed by atoms with Gasteiger partial charge in [-0.3, -0.25) is 9.59 Å². The van der Waals surface area contributed by atoms with Gasteiger partial charge in [0, 0.05) is 6.42 Å². The minimum Gasteiger partial charge on any atom is -0.481 e. The molecule has 0 aliphatic heterocycles. The zero-order valence-corrected chi connectivity index (χ0v) is 25.0. The molecule has 0 radical (unpaired) electrons. The second-order valence-corrected chi connectivity index (χ2v) is 11.4. The normalized spacial score (nSPS) is 12.1. The van der Waals surface area contributed by atoms with Gasteiger partial charge in [-0.05, 0) is 19.3 Å². The van der Waals surface area contributed by atoms with Gasteiger partial charge in [0.15, 0.2) is 0 Å². The maximum atomic E-state index is 12.2. The number of carbonyl (C=O) groups is 2. The number of aliphatic carboxylic acids is 1. The number of rotatable bonds is 30. The van der Waals surface area contributed by atoms with Gasteiger partial charge in [-0.25, -0.2) is 0 Å². The van der Waals surface area contributed by atoms with Crippen molar-refractivity contribution >= 4 is 11.9 Å². The van der Waals surface area contributed by atoms with Crippen molar-refractivity contribution < 1.29 is 19.4 Å². The molecule has 0 saturated carbocycles. The third-order valence-electron chi connectivity index (χ3n) is 7.56. The SMILES string of the molecule is CCCCCCCCCCCCCCCC(=O)OC(CCCCCCCCCCCCCC)CC(=O)O.